The Morgan fingerprint density at radius 3 is 2.51 bits per heavy atom. The molecule has 2 amide bonds. The van der Waals surface area contributed by atoms with E-state index >= 15 is 0 Å². The van der Waals surface area contributed by atoms with Crippen molar-refractivity contribution in [3.63, 3.8) is 0 Å². The Morgan fingerprint density at radius 1 is 1.16 bits per heavy atom. The van der Waals surface area contributed by atoms with Crippen LogP contribution in [0.15, 0.2) is 48.5 Å². The van der Waals surface area contributed by atoms with Gasteiger partial charge in [0.1, 0.15) is 18.1 Å². The molecule has 1 aliphatic heterocycles. The summed E-state index contributed by atoms with van der Waals surface area (Å²) in [7, 11) is 1.63. The van der Waals surface area contributed by atoms with Crippen LogP contribution in [0.3, 0.4) is 0 Å². The molecule has 194 valence electrons. The third-order valence-electron chi connectivity index (χ3n) is 6.71. The number of anilines is 1. The van der Waals surface area contributed by atoms with Gasteiger partial charge in [0.05, 0.1) is 29.5 Å². The first-order valence-corrected chi connectivity index (χ1v) is 13.8. The van der Waals surface area contributed by atoms with Gasteiger partial charge in [-0.1, -0.05) is 50.6 Å². The molecule has 1 aromatic heterocycles. The van der Waals surface area contributed by atoms with Gasteiger partial charge in [-0.15, -0.1) is 11.8 Å². The van der Waals surface area contributed by atoms with Crippen LogP contribution in [-0.4, -0.2) is 47.0 Å². The first-order chi connectivity index (χ1) is 17.7. The second kappa shape index (κ2) is 9.89. The molecule has 1 N–H and O–H groups in total. The molecule has 8 heteroatoms. The minimum atomic E-state index is -0.292. The molecule has 1 saturated carbocycles. The van der Waals surface area contributed by atoms with Gasteiger partial charge in [-0.2, -0.15) is 5.10 Å². The number of hydrogen-bond acceptors (Lipinski definition) is 5. The van der Waals surface area contributed by atoms with E-state index in [0.717, 1.165) is 46.7 Å². The summed E-state index contributed by atoms with van der Waals surface area (Å²) < 4.78 is 7.21. The quantitative estimate of drug-likeness (QED) is 0.501. The summed E-state index contributed by atoms with van der Waals surface area (Å²) in [5.41, 5.74) is 4.71. The second-order valence-corrected chi connectivity index (χ2v) is 12.0. The highest BCUT2D eigenvalue weighted by molar-refractivity contribution is 8.00. The van der Waals surface area contributed by atoms with Gasteiger partial charge in [0.25, 0.3) is 0 Å². The number of fused-ring (bicyclic) bond motifs is 1. The highest BCUT2D eigenvalue weighted by Gasteiger charge is 2.40. The van der Waals surface area contributed by atoms with E-state index in [1.165, 1.54) is 0 Å². The molecule has 0 spiro atoms. The molecule has 7 nitrogen and oxygen atoms in total. The van der Waals surface area contributed by atoms with E-state index in [9.17, 15) is 9.59 Å². The van der Waals surface area contributed by atoms with Crippen LogP contribution >= 0.6 is 11.8 Å². The number of amides is 2. The van der Waals surface area contributed by atoms with Crippen LogP contribution in [0.1, 0.15) is 61.2 Å². The molecule has 3 aromatic rings. The number of nitrogens with zero attached hydrogens (tertiary/aromatic N) is 3. The Morgan fingerprint density at radius 2 is 1.89 bits per heavy atom. The van der Waals surface area contributed by atoms with Crippen molar-refractivity contribution >= 4 is 29.4 Å². The van der Waals surface area contributed by atoms with E-state index in [1.54, 1.807) is 23.8 Å². The summed E-state index contributed by atoms with van der Waals surface area (Å²) >= 11 is 1.60. The summed E-state index contributed by atoms with van der Waals surface area (Å²) in [6, 6.07) is 16.3. The van der Waals surface area contributed by atoms with Gasteiger partial charge in [-0.3, -0.25) is 14.5 Å². The SMILES string of the molecule is COc1ccc(-n2nc(C(C)(C)C)c3c2N(CC(=O)NC2CC2)C(=O)CS[C@@H]3c2cccc(C)c2)cc1. The zero-order valence-electron chi connectivity index (χ0n) is 22.1. The van der Waals surface area contributed by atoms with Crippen molar-refractivity contribution in [1.29, 1.82) is 0 Å². The maximum atomic E-state index is 13.7. The molecule has 2 aromatic carbocycles. The van der Waals surface area contributed by atoms with Gasteiger partial charge in [0.2, 0.25) is 11.8 Å². The third kappa shape index (κ3) is 5.25. The summed E-state index contributed by atoms with van der Waals surface area (Å²) in [5.74, 6) is 1.45. The number of carbonyl (C=O) groups excluding carboxylic acids is 2. The van der Waals surface area contributed by atoms with Crippen molar-refractivity contribution in [2.45, 2.75) is 57.2 Å². The lowest BCUT2D eigenvalue weighted by Crippen LogP contribution is -2.43. The van der Waals surface area contributed by atoms with Crippen LogP contribution < -0.4 is 15.0 Å². The fraction of sp³-hybridized carbons (Fsp3) is 0.414. The van der Waals surface area contributed by atoms with Crippen LogP contribution in [0.25, 0.3) is 5.69 Å². The molecular weight excluding hydrogens is 484 g/mol. The summed E-state index contributed by atoms with van der Waals surface area (Å²) in [6.07, 6.45) is 1.99. The average Bonchev–Trinajstić information content (AvgIpc) is 3.60. The predicted molar refractivity (Wildman–Crippen MR) is 148 cm³/mol. The van der Waals surface area contributed by atoms with E-state index in [2.05, 4.69) is 57.3 Å². The minimum Gasteiger partial charge on any atom is -0.497 e. The molecule has 5 rings (SSSR count). The number of carbonyl (C=O) groups is 2. The van der Waals surface area contributed by atoms with E-state index in [4.69, 9.17) is 9.84 Å². The third-order valence-corrected chi connectivity index (χ3v) is 7.96. The lowest BCUT2D eigenvalue weighted by atomic mass is 9.87. The van der Waals surface area contributed by atoms with E-state index in [0.29, 0.717) is 5.82 Å². The molecule has 1 aliphatic carbocycles. The van der Waals surface area contributed by atoms with Crippen molar-refractivity contribution < 1.29 is 14.3 Å². The molecule has 37 heavy (non-hydrogen) atoms. The summed E-state index contributed by atoms with van der Waals surface area (Å²) in [6.45, 7) is 8.47. The van der Waals surface area contributed by atoms with Gasteiger partial charge >= 0.3 is 0 Å². The molecule has 1 atom stereocenters. The van der Waals surface area contributed by atoms with Crippen LogP contribution in [-0.2, 0) is 15.0 Å². The minimum absolute atomic E-state index is 0.0329. The largest absolute Gasteiger partial charge is 0.497 e. The highest BCUT2D eigenvalue weighted by Crippen LogP contribution is 2.48. The Labute approximate surface area is 222 Å². The van der Waals surface area contributed by atoms with Gasteiger partial charge in [0, 0.05) is 17.0 Å². The second-order valence-electron chi connectivity index (χ2n) is 10.9. The lowest BCUT2D eigenvalue weighted by Gasteiger charge is -2.24. The van der Waals surface area contributed by atoms with E-state index in [-0.39, 0.29) is 40.8 Å². The van der Waals surface area contributed by atoms with Crippen LogP contribution in [0.4, 0.5) is 5.82 Å². The Bertz CT molecular complexity index is 1320. The number of benzene rings is 2. The van der Waals surface area contributed by atoms with Gasteiger partial charge < -0.3 is 10.1 Å². The van der Waals surface area contributed by atoms with Crippen molar-refractivity contribution in [2.75, 3.05) is 24.3 Å². The van der Waals surface area contributed by atoms with Gasteiger partial charge in [0.15, 0.2) is 0 Å². The maximum Gasteiger partial charge on any atom is 0.240 e. The first-order valence-electron chi connectivity index (χ1n) is 12.7. The smallest absolute Gasteiger partial charge is 0.240 e. The zero-order valence-corrected chi connectivity index (χ0v) is 22.9. The zero-order chi connectivity index (χ0) is 26.3. The van der Waals surface area contributed by atoms with Crippen molar-refractivity contribution in [1.82, 2.24) is 15.1 Å². The highest BCUT2D eigenvalue weighted by atomic mass is 32.2. The Hall–Kier alpha value is -3.26. The molecule has 1 fully saturated rings. The van der Waals surface area contributed by atoms with Crippen molar-refractivity contribution in [3.05, 3.63) is 70.9 Å². The molecule has 2 aliphatic rings. The fourth-order valence-corrected chi connectivity index (χ4v) is 5.91. The molecule has 0 bridgehead atoms. The lowest BCUT2D eigenvalue weighted by molar-refractivity contribution is -0.123. The fourth-order valence-electron chi connectivity index (χ4n) is 4.72. The molecule has 0 radical (unpaired) electrons. The van der Waals surface area contributed by atoms with Crippen LogP contribution in [0.2, 0.25) is 0 Å². The normalized spacial score (nSPS) is 17.8. The monoisotopic (exact) mass is 518 g/mol. The average molecular weight is 519 g/mol. The van der Waals surface area contributed by atoms with Crippen molar-refractivity contribution in [3.8, 4) is 11.4 Å². The van der Waals surface area contributed by atoms with E-state index in [1.807, 2.05) is 28.9 Å². The topological polar surface area (TPSA) is 76.5 Å². The Balaban J connectivity index is 1.73. The number of aromatic nitrogens is 2. The summed E-state index contributed by atoms with van der Waals surface area (Å²) in [4.78, 5) is 28.3. The van der Waals surface area contributed by atoms with Crippen LogP contribution in [0.5, 0.6) is 5.75 Å². The number of methoxy groups -OCH3 is 1. The standard InChI is InChI=1S/C29H34N4O3S/c1-18-7-6-8-19(15-18)26-25-27(29(2,3)4)31-33(21-11-13-22(36-5)14-12-21)28(25)32(24(35)17-37-26)16-23(34)30-20-9-10-20/h6-8,11-15,20,26H,9-10,16-17H2,1-5H3,(H,30,34)/t26-/m1/s1. The van der Waals surface area contributed by atoms with Gasteiger partial charge in [-0.25, -0.2) is 4.68 Å². The number of ether oxygens (including phenoxy) is 1. The number of hydrogen-bond donors (Lipinski definition) is 1. The molecule has 2 heterocycles. The Kier molecular flexibility index (Phi) is 6.79. The first kappa shape index (κ1) is 25.4. The number of nitrogens with one attached hydrogen (secondary N) is 1. The number of aryl methyl sites for hydroxylation is 1. The number of thioether (sulfide) groups is 1. The molecule has 0 unspecified atom stereocenters. The summed E-state index contributed by atoms with van der Waals surface area (Å²) in [5, 5.41) is 8.08. The van der Waals surface area contributed by atoms with E-state index < -0.39 is 0 Å². The van der Waals surface area contributed by atoms with Crippen molar-refractivity contribution in [2.24, 2.45) is 0 Å². The maximum absolute atomic E-state index is 13.7. The van der Waals surface area contributed by atoms with Crippen LogP contribution in [0, 0.1) is 6.92 Å². The molecule has 0 saturated heterocycles. The molecular formula is C29H34N4O3S. The predicted octanol–water partition coefficient (Wildman–Crippen LogP) is 4.93. The van der Waals surface area contributed by atoms with Gasteiger partial charge in [-0.05, 0) is 49.6 Å². The number of rotatable bonds is 6.